The summed E-state index contributed by atoms with van der Waals surface area (Å²) >= 11 is 3.38. The van der Waals surface area contributed by atoms with E-state index in [9.17, 15) is 10.1 Å². The number of rotatable bonds is 7. The van der Waals surface area contributed by atoms with Gasteiger partial charge in [0, 0.05) is 29.7 Å². The van der Waals surface area contributed by atoms with E-state index in [2.05, 4.69) is 21.2 Å². The van der Waals surface area contributed by atoms with Crippen LogP contribution in [0.3, 0.4) is 0 Å². The van der Waals surface area contributed by atoms with Crippen LogP contribution in [-0.4, -0.2) is 18.1 Å². The number of benzene rings is 2. The van der Waals surface area contributed by atoms with E-state index in [0.29, 0.717) is 19.7 Å². The van der Waals surface area contributed by atoms with Crippen molar-refractivity contribution in [3.63, 3.8) is 0 Å². The van der Waals surface area contributed by atoms with E-state index in [1.807, 2.05) is 30.3 Å². The molecule has 0 aliphatic rings. The average molecular weight is 351 g/mol. The number of hydrogen-bond donors (Lipinski definition) is 1. The summed E-state index contributed by atoms with van der Waals surface area (Å²) in [7, 11) is 0. The van der Waals surface area contributed by atoms with Gasteiger partial charge >= 0.3 is 0 Å². The number of halogens is 1. The van der Waals surface area contributed by atoms with E-state index in [0.717, 1.165) is 15.8 Å². The molecule has 21 heavy (non-hydrogen) atoms. The first kappa shape index (κ1) is 15.5. The normalized spacial score (nSPS) is 10.3. The summed E-state index contributed by atoms with van der Waals surface area (Å²) in [6.45, 7) is 1.77. The lowest BCUT2D eigenvalue weighted by Gasteiger charge is -2.08. The van der Waals surface area contributed by atoms with Crippen molar-refractivity contribution in [1.82, 2.24) is 5.32 Å². The van der Waals surface area contributed by atoms with E-state index >= 15 is 0 Å². The Morgan fingerprint density at radius 3 is 2.76 bits per heavy atom. The van der Waals surface area contributed by atoms with Crippen LogP contribution >= 0.6 is 15.9 Å². The molecule has 0 saturated carbocycles. The van der Waals surface area contributed by atoms with Crippen molar-refractivity contribution in [2.45, 2.75) is 6.54 Å². The molecule has 2 aromatic carbocycles. The Morgan fingerprint density at radius 2 is 2.00 bits per heavy atom. The lowest BCUT2D eigenvalue weighted by atomic mass is 10.2. The van der Waals surface area contributed by atoms with E-state index in [1.54, 1.807) is 12.1 Å². The number of ether oxygens (including phenoxy) is 1. The third-order valence-electron chi connectivity index (χ3n) is 2.79. The molecule has 2 rings (SSSR count). The summed E-state index contributed by atoms with van der Waals surface area (Å²) in [5.74, 6) is 0.807. The lowest BCUT2D eigenvalue weighted by molar-refractivity contribution is -0.384. The SMILES string of the molecule is O=[N+]([O-])c1cccc(CNCCOc2cccc(Br)c2)c1. The molecule has 2 aromatic rings. The van der Waals surface area contributed by atoms with Crippen LogP contribution in [0.1, 0.15) is 5.56 Å². The van der Waals surface area contributed by atoms with Gasteiger partial charge in [0.25, 0.3) is 5.69 Å². The number of nitrogens with zero attached hydrogens (tertiary/aromatic N) is 1. The van der Waals surface area contributed by atoms with Gasteiger partial charge in [0.05, 0.1) is 4.92 Å². The zero-order valence-electron chi connectivity index (χ0n) is 11.3. The minimum atomic E-state index is -0.389. The highest BCUT2D eigenvalue weighted by Crippen LogP contribution is 2.17. The molecule has 0 amide bonds. The highest BCUT2D eigenvalue weighted by Gasteiger charge is 2.04. The van der Waals surface area contributed by atoms with Gasteiger partial charge < -0.3 is 10.1 Å². The first-order valence-corrected chi connectivity index (χ1v) is 7.27. The van der Waals surface area contributed by atoms with Gasteiger partial charge in [-0.1, -0.05) is 34.1 Å². The minimum Gasteiger partial charge on any atom is -0.492 e. The number of nitro benzene ring substituents is 1. The quantitative estimate of drug-likeness (QED) is 0.471. The summed E-state index contributed by atoms with van der Waals surface area (Å²) in [4.78, 5) is 10.3. The Bertz CT molecular complexity index is 619. The fraction of sp³-hybridized carbons (Fsp3) is 0.200. The van der Waals surface area contributed by atoms with Gasteiger partial charge in [-0.25, -0.2) is 0 Å². The molecular weight excluding hydrogens is 336 g/mol. The highest BCUT2D eigenvalue weighted by atomic mass is 79.9. The maximum atomic E-state index is 10.7. The van der Waals surface area contributed by atoms with Crippen LogP contribution in [0.2, 0.25) is 0 Å². The smallest absolute Gasteiger partial charge is 0.269 e. The van der Waals surface area contributed by atoms with Gasteiger partial charge in [0.15, 0.2) is 0 Å². The van der Waals surface area contributed by atoms with Crippen molar-refractivity contribution in [3.05, 3.63) is 68.7 Å². The molecule has 110 valence electrons. The van der Waals surface area contributed by atoms with Gasteiger partial charge in [-0.3, -0.25) is 10.1 Å². The number of nitrogens with one attached hydrogen (secondary N) is 1. The van der Waals surface area contributed by atoms with Crippen LogP contribution in [-0.2, 0) is 6.54 Å². The topological polar surface area (TPSA) is 64.4 Å². The molecule has 6 heteroatoms. The van der Waals surface area contributed by atoms with E-state index < -0.39 is 0 Å². The van der Waals surface area contributed by atoms with Crippen molar-refractivity contribution in [3.8, 4) is 5.75 Å². The van der Waals surface area contributed by atoms with Gasteiger partial charge in [-0.2, -0.15) is 0 Å². The van der Waals surface area contributed by atoms with Crippen molar-refractivity contribution < 1.29 is 9.66 Å². The van der Waals surface area contributed by atoms with Crippen LogP contribution in [0, 0.1) is 10.1 Å². The Morgan fingerprint density at radius 1 is 1.19 bits per heavy atom. The second kappa shape index (κ2) is 7.75. The number of hydrogen-bond acceptors (Lipinski definition) is 4. The predicted octanol–water partition coefficient (Wildman–Crippen LogP) is 3.53. The Kier molecular flexibility index (Phi) is 5.71. The van der Waals surface area contributed by atoms with Crippen molar-refractivity contribution in [1.29, 1.82) is 0 Å². The van der Waals surface area contributed by atoms with Gasteiger partial charge in [0.1, 0.15) is 12.4 Å². The summed E-state index contributed by atoms with van der Waals surface area (Å²) in [5.41, 5.74) is 0.992. The molecule has 1 N–H and O–H groups in total. The van der Waals surface area contributed by atoms with Crippen molar-refractivity contribution in [2.75, 3.05) is 13.2 Å². The van der Waals surface area contributed by atoms with Gasteiger partial charge in [0.2, 0.25) is 0 Å². The summed E-state index contributed by atoms with van der Waals surface area (Å²) < 4.78 is 6.56. The minimum absolute atomic E-state index is 0.111. The third-order valence-corrected chi connectivity index (χ3v) is 3.29. The van der Waals surface area contributed by atoms with Crippen LogP contribution in [0.15, 0.2) is 53.0 Å². The molecule has 0 saturated heterocycles. The standard InChI is InChI=1S/C15H15BrN2O3/c16-13-4-2-6-15(10-13)21-8-7-17-11-12-3-1-5-14(9-12)18(19)20/h1-6,9-10,17H,7-8,11H2. The molecule has 0 bridgehead atoms. The maximum absolute atomic E-state index is 10.7. The molecule has 0 heterocycles. The van der Waals surface area contributed by atoms with Crippen molar-refractivity contribution in [2.24, 2.45) is 0 Å². The molecule has 0 radical (unpaired) electrons. The van der Waals surface area contributed by atoms with Crippen LogP contribution in [0.4, 0.5) is 5.69 Å². The van der Waals surface area contributed by atoms with Crippen molar-refractivity contribution >= 4 is 21.6 Å². The van der Waals surface area contributed by atoms with Crippen LogP contribution in [0.5, 0.6) is 5.75 Å². The molecule has 0 aliphatic heterocycles. The second-order valence-electron chi connectivity index (χ2n) is 4.41. The predicted molar refractivity (Wildman–Crippen MR) is 84.4 cm³/mol. The zero-order valence-corrected chi connectivity index (χ0v) is 12.9. The van der Waals surface area contributed by atoms with E-state index in [4.69, 9.17) is 4.74 Å². The molecule has 0 fully saturated rings. The number of nitro groups is 1. The molecule has 0 spiro atoms. The maximum Gasteiger partial charge on any atom is 0.269 e. The average Bonchev–Trinajstić information content (AvgIpc) is 2.47. The molecule has 0 unspecified atom stereocenters. The summed E-state index contributed by atoms with van der Waals surface area (Å²) in [6, 6.07) is 14.2. The molecule has 0 atom stereocenters. The Hall–Kier alpha value is -1.92. The van der Waals surface area contributed by atoms with Crippen LogP contribution in [0.25, 0.3) is 0 Å². The number of non-ortho nitro benzene ring substituents is 1. The van der Waals surface area contributed by atoms with Crippen LogP contribution < -0.4 is 10.1 Å². The van der Waals surface area contributed by atoms with Gasteiger partial charge in [-0.15, -0.1) is 0 Å². The zero-order chi connectivity index (χ0) is 15.1. The monoisotopic (exact) mass is 350 g/mol. The molecule has 5 nitrogen and oxygen atoms in total. The fourth-order valence-corrected chi connectivity index (χ4v) is 2.19. The highest BCUT2D eigenvalue weighted by molar-refractivity contribution is 9.10. The van der Waals surface area contributed by atoms with E-state index in [1.165, 1.54) is 6.07 Å². The first-order chi connectivity index (χ1) is 10.1. The van der Waals surface area contributed by atoms with E-state index in [-0.39, 0.29) is 10.6 Å². The lowest BCUT2D eigenvalue weighted by Crippen LogP contribution is -2.20. The van der Waals surface area contributed by atoms with Gasteiger partial charge in [-0.05, 0) is 23.8 Å². The summed E-state index contributed by atoms with van der Waals surface area (Å²) in [6.07, 6.45) is 0. The largest absolute Gasteiger partial charge is 0.492 e. The third kappa shape index (κ3) is 5.17. The fourth-order valence-electron chi connectivity index (χ4n) is 1.81. The summed E-state index contributed by atoms with van der Waals surface area (Å²) in [5, 5.41) is 13.9. The molecular formula is C15H15BrN2O3. The Labute approximate surface area is 131 Å². The second-order valence-corrected chi connectivity index (χ2v) is 5.33. The Balaban J connectivity index is 1.72. The first-order valence-electron chi connectivity index (χ1n) is 6.47. The molecule has 0 aromatic heterocycles. The molecule has 0 aliphatic carbocycles.